The third kappa shape index (κ3) is 2.78. The van der Waals surface area contributed by atoms with E-state index in [1.807, 2.05) is 27.7 Å². The molecule has 18 heavy (non-hydrogen) atoms. The van der Waals surface area contributed by atoms with Crippen LogP contribution in [0.4, 0.5) is 0 Å². The second kappa shape index (κ2) is 5.06. The van der Waals surface area contributed by atoms with E-state index in [-0.39, 0.29) is 4.75 Å². The summed E-state index contributed by atoms with van der Waals surface area (Å²) in [5.74, 6) is 0. The van der Waals surface area contributed by atoms with Crippen molar-refractivity contribution in [3.05, 3.63) is 34.9 Å². The van der Waals surface area contributed by atoms with Crippen molar-refractivity contribution in [2.24, 2.45) is 4.40 Å². The fourth-order valence-corrected chi connectivity index (χ4v) is 2.89. The topological polar surface area (TPSA) is 35.4 Å². The van der Waals surface area contributed by atoms with Gasteiger partial charge in [0, 0.05) is 5.56 Å². The summed E-state index contributed by atoms with van der Waals surface area (Å²) in [6.07, 6.45) is 3.52. The van der Waals surface area contributed by atoms with Gasteiger partial charge in [0.05, 0.1) is 5.71 Å². The Labute approximate surface area is 113 Å². The fraction of sp³-hybridized carbons (Fsp3) is 0.533. The van der Waals surface area contributed by atoms with Crippen LogP contribution in [0.5, 0.6) is 0 Å². The molecule has 2 nitrogen and oxygen atoms in total. The summed E-state index contributed by atoms with van der Waals surface area (Å²) in [6.45, 7) is 7.83. The average molecular weight is 263 g/mol. The van der Waals surface area contributed by atoms with E-state index < -0.39 is 11.4 Å². The zero-order valence-corrected chi connectivity index (χ0v) is 12.4. The highest BCUT2D eigenvalue weighted by atomic mass is 32.2. The van der Waals surface area contributed by atoms with E-state index in [1.54, 1.807) is 0 Å². The number of fused-ring (bicyclic) bond motifs is 1. The zero-order chi connectivity index (χ0) is 13.3. The van der Waals surface area contributed by atoms with Gasteiger partial charge in [-0.2, -0.15) is 0 Å². The fourth-order valence-electron chi connectivity index (χ4n) is 2.27. The van der Waals surface area contributed by atoms with E-state index >= 15 is 0 Å². The molecule has 0 bridgehead atoms. The molecule has 0 saturated heterocycles. The van der Waals surface area contributed by atoms with Crippen molar-refractivity contribution in [2.45, 2.75) is 51.7 Å². The molecule has 1 aliphatic rings. The molecular formula is C15H21NOS. The van der Waals surface area contributed by atoms with Crippen LogP contribution < -0.4 is 0 Å². The number of rotatable bonds is 2. The molecule has 0 radical (unpaired) electrons. The molecule has 98 valence electrons. The molecule has 1 aliphatic carbocycles. The summed E-state index contributed by atoms with van der Waals surface area (Å²) in [7, 11) is 0. The number of benzene rings is 1. The molecule has 0 heterocycles. The lowest BCUT2D eigenvalue weighted by atomic mass is 10.0. The molecule has 0 aromatic heterocycles. The molecule has 0 amide bonds. The van der Waals surface area contributed by atoms with Gasteiger partial charge >= 0.3 is 0 Å². The highest BCUT2D eigenvalue weighted by Gasteiger charge is 2.27. The smallest absolute Gasteiger partial charge is 0.144 e. The van der Waals surface area contributed by atoms with Crippen LogP contribution in [0, 0.1) is 0 Å². The minimum Gasteiger partial charge on any atom is -0.591 e. The van der Waals surface area contributed by atoms with Gasteiger partial charge in [0.15, 0.2) is 0 Å². The quantitative estimate of drug-likeness (QED) is 0.594. The summed E-state index contributed by atoms with van der Waals surface area (Å²) < 4.78 is 16.2. The van der Waals surface area contributed by atoms with E-state index in [0.717, 1.165) is 12.1 Å². The Morgan fingerprint density at radius 2 is 2.00 bits per heavy atom. The molecule has 1 aromatic carbocycles. The third-order valence-corrected chi connectivity index (χ3v) is 4.77. The van der Waals surface area contributed by atoms with Crippen LogP contribution in [0.2, 0.25) is 0 Å². The van der Waals surface area contributed by atoms with Crippen molar-refractivity contribution in [2.75, 3.05) is 0 Å². The van der Waals surface area contributed by atoms with Gasteiger partial charge in [-0.3, -0.25) is 0 Å². The lowest BCUT2D eigenvalue weighted by molar-refractivity contribution is 0.561. The molecule has 0 saturated carbocycles. The van der Waals surface area contributed by atoms with Gasteiger partial charge in [-0.1, -0.05) is 22.6 Å². The highest BCUT2D eigenvalue weighted by molar-refractivity contribution is 7.91. The predicted molar refractivity (Wildman–Crippen MR) is 78.6 cm³/mol. The molecule has 0 spiro atoms. The maximum atomic E-state index is 12.1. The number of hydrogen-bond acceptors (Lipinski definition) is 2. The van der Waals surface area contributed by atoms with Gasteiger partial charge in [-0.05, 0) is 58.1 Å². The molecule has 1 aromatic rings. The Kier molecular flexibility index (Phi) is 3.83. The Morgan fingerprint density at radius 3 is 2.67 bits per heavy atom. The lowest BCUT2D eigenvalue weighted by Crippen LogP contribution is -2.26. The molecule has 0 N–H and O–H groups in total. The van der Waals surface area contributed by atoms with Crippen LogP contribution in [0.1, 0.15) is 50.8 Å². The van der Waals surface area contributed by atoms with Gasteiger partial charge in [-0.25, -0.2) is 0 Å². The van der Waals surface area contributed by atoms with Crippen LogP contribution in [-0.4, -0.2) is 15.0 Å². The van der Waals surface area contributed by atoms with Crippen LogP contribution in [0.25, 0.3) is 0 Å². The second-order valence-corrected chi connectivity index (χ2v) is 7.74. The van der Waals surface area contributed by atoms with Crippen LogP contribution in [0.15, 0.2) is 22.6 Å². The molecule has 2 rings (SSSR count). The molecule has 0 aliphatic heterocycles. The first-order valence-corrected chi connectivity index (χ1v) is 7.58. The Bertz CT molecular complexity index is 474. The highest BCUT2D eigenvalue weighted by Crippen LogP contribution is 2.26. The van der Waals surface area contributed by atoms with E-state index in [2.05, 4.69) is 22.6 Å². The van der Waals surface area contributed by atoms with Crippen LogP contribution >= 0.6 is 0 Å². The van der Waals surface area contributed by atoms with Crippen LogP contribution in [0.3, 0.4) is 0 Å². The standard InChI is InChI=1S/C15H21NOS/c1-11(16-18(17)15(2,3)4)13-9-5-7-12-8-6-10-14(12)13/h5,7,9H,6,8,10H2,1-4H3/t18-/m1/s1. The van der Waals surface area contributed by atoms with E-state index in [1.165, 1.54) is 29.5 Å². The first-order valence-electron chi connectivity index (χ1n) is 6.48. The number of nitrogens with zero attached hydrogens (tertiary/aromatic N) is 1. The largest absolute Gasteiger partial charge is 0.591 e. The van der Waals surface area contributed by atoms with Gasteiger partial charge in [0.1, 0.15) is 16.1 Å². The Hall–Kier alpha value is -0.800. The summed E-state index contributed by atoms with van der Waals surface area (Å²) >= 11 is -1.18. The first kappa shape index (κ1) is 13.6. The van der Waals surface area contributed by atoms with Crippen LogP contribution in [-0.2, 0) is 24.2 Å². The monoisotopic (exact) mass is 263 g/mol. The SMILES string of the molecule is CC(=N[S@+]([O-])C(C)(C)C)c1cccc2c1CCC2. The molecule has 0 fully saturated rings. The molecule has 1 atom stereocenters. The third-order valence-electron chi connectivity index (χ3n) is 3.28. The molecule has 3 heteroatoms. The van der Waals surface area contributed by atoms with E-state index in [0.29, 0.717) is 0 Å². The molecular weight excluding hydrogens is 242 g/mol. The maximum Gasteiger partial charge on any atom is 0.144 e. The summed E-state index contributed by atoms with van der Waals surface area (Å²) in [5, 5.41) is 0. The average Bonchev–Trinajstić information content (AvgIpc) is 2.74. The number of hydrogen-bond donors (Lipinski definition) is 0. The van der Waals surface area contributed by atoms with Gasteiger partial charge in [-0.15, -0.1) is 0 Å². The zero-order valence-electron chi connectivity index (χ0n) is 11.6. The van der Waals surface area contributed by atoms with Crippen molar-refractivity contribution < 1.29 is 4.55 Å². The van der Waals surface area contributed by atoms with Crippen molar-refractivity contribution >= 4 is 17.1 Å². The van der Waals surface area contributed by atoms with Gasteiger partial charge in [0.25, 0.3) is 0 Å². The van der Waals surface area contributed by atoms with Crippen molar-refractivity contribution in [3.63, 3.8) is 0 Å². The lowest BCUT2D eigenvalue weighted by Gasteiger charge is -2.19. The van der Waals surface area contributed by atoms with Crippen molar-refractivity contribution in [3.8, 4) is 0 Å². The molecule has 0 unspecified atom stereocenters. The summed E-state index contributed by atoms with van der Waals surface area (Å²) in [4.78, 5) is 0. The normalized spacial score (nSPS) is 17.7. The van der Waals surface area contributed by atoms with Crippen molar-refractivity contribution in [1.29, 1.82) is 0 Å². The maximum absolute atomic E-state index is 12.1. The summed E-state index contributed by atoms with van der Waals surface area (Å²) in [5.41, 5.74) is 4.93. The second-order valence-electron chi connectivity index (χ2n) is 5.84. The van der Waals surface area contributed by atoms with Gasteiger partial charge in [0.2, 0.25) is 0 Å². The first-order chi connectivity index (χ1) is 8.39. The van der Waals surface area contributed by atoms with E-state index in [4.69, 9.17) is 0 Å². The minimum absolute atomic E-state index is 0.292. The Morgan fingerprint density at radius 1 is 1.28 bits per heavy atom. The van der Waals surface area contributed by atoms with Gasteiger partial charge < -0.3 is 4.55 Å². The Balaban J connectivity index is 2.32. The number of aryl methyl sites for hydroxylation is 1. The summed E-state index contributed by atoms with van der Waals surface area (Å²) in [6, 6.07) is 6.38. The minimum atomic E-state index is -1.18. The predicted octanol–water partition coefficient (Wildman–Crippen LogP) is 3.45. The van der Waals surface area contributed by atoms with Crippen molar-refractivity contribution in [1.82, 2.24) is 0 Å². The van der Waals surface area contributed by atoms with E-state index in [9.17, 15) is 4.55 Å².